The molecule has 2 heterocycles. The average Bonchev–Trinajstić information content (AvgIpc) is 2.50. The zero-order valence-corrected chi connectivity index (χ0v) is 12.9. The molecule has 0 saturated carbocycles. The van der Waals surface area contributed by atoms with Gasteiger partial charge in [-0.3, -0.25) is 0 Å². The Morgan fingerprint density at radius 1 is 1.09 bits per heavy atom. The number of benzene rings is 1. The molecule has 1 aliphatic rings. The average molecular weight is 318 g/mol. The molecule has 1 saturated heterocycles. The highest BCUT2D eigenvalue weighted by Crippen LogP contribution is 2.17. The van der Waals surface area contributed by atoms with Crippen LogP contribution in [0.5, 0.6) is 0 Å². The summed E-state index contributed by atoms with van der Waals surface area (Å²) in [4.78, 5) is 8.15. The van der Waals surface area contributed by atoms with Gasteiger partial charge in [-0.15, -0.1) is 0 Å². The Labute approximate surface area is 130 Å². The number of hydrogen-bond donors (Lipinski definition) is 1. The summed E-state index contributed by atoms with van der Waals surface area (Å²) in [6.45, 7) is 0.935. The highest BCUT2D eigenvalue weighted by Gasteiger charge is 2.35. The van der Waals surface area contributed by atoms with Crippen LogP contribution in [-0.4, -0.2) is 47.6 Å². The summed E-state index contributed by atoms with van der Waals surface area (Å²) in [5.41, 5.74) is 1.04. The van der Waals surface area contributed by atoms with E-state index in [1.54, 1.807) is 18.5 Å². The maximum Gasteiger partial charge on any atom is 0.222 e. The van der Waals surface area contributed by atoms with Crippen LogP contribution in [0.2, 0.25) is 0 Å². The van der Waals surface area contributed by atoms with Crippen molar-refractivity contribution < 1.29 is 8.42 Å². The van der Waals surface area contributed by atoms with Gasteiger partial charge in [0.25, 0.3) is 0 Å². The fourth-order valence-corrected chi connectivity index (χ4v) is 3.90. The number of aryl methyl sites for hydroxylation is 1. The van der Waals surface area contributed by atoms with Gasteiger partial charge in [-0.25, -0.2) is 18.4 Å². The van der Waals surface area contributed by atoms with Crippen LogP contribution in [-0.2, 0) is 16.4 Å². The summed E-state index contributed by atoms with van der Waals surface area (Å²) < 4.78 is 26.0. The van der Waals surface area contributed by atoms with Crippen molar-refractivity contribution in [3.05, 3.63) is 54.4 Å². The van der Waals surface area contributed by atoms with Gasteiger partial charge in [-0.1, -0.05) is 30.3 Å². The molecule has 0 atom stereocenters. The van der Waals surface area contributed by atoms with Crippen LogP contribution in [0.4, 0.5) is 5.95 Å². The Bertz CT molecular complexity index is 701. The first-order valence-corrected chi connectivity index (χ1v) is 8.80. The van der Waals surface area contributed by atoms with Crippen LogP contribution in [0, 0.1) is 0 Å². The topological polar surface area (TPSA) is 75.2 Å². The second-order valence-corrected chi connectivity index (χ2v) is 7.37. The first-order valence-electron chi connectivity index (χ1n) is 7.19. The van der Waals surface area contributed by atoms with Crippen molar-refractivity contribution in [1.82, 2.24) is 14.3 Å². The molecule has 7 heteroatoms. The molecule has 22 heavy (non-hydrogen) atoms. The molecule has 0 radical (unpaired) electrons. The highest BCUT2D eigenvalue weighted by atomic mass is 32.2. The van der Waals surface area contributed by atoms with Crippen molar-refractivity contribution in [3.63, 3.8) is 0 Å². The lowest BCUT2D eigenvalue weighted by molar-refractivity contribution is 0.280. The minimum absolute atomic E-state index is 0.0777. The number of aromatic nitrogens is 2. The van der Waals surface area contributed by atoms with Gasteiger partial charge < -0.3 is 5.32 Å². The van der Waals surface area contributed by atoms with E-state index in [9.17, 15) is 8.42 Å². The van der Waals surface area contributed by atoms with E-state index >= 15 is 0 Å². The Morgan fingerprint density at radius 3 is 2.45 bits per heavy atom. The first kappa shape index (κ1) is 14.9. The van der Waals surface area contributed by atoms with E-state index < -0.39 is 10.0 Å². The summed E-state index contributed by atoms with van der Waals surface area (Å²) in [5.74, 6) is 0.680. The van der Waals surface area contributed by atoms with E-state index in [-0.39, 0.29) is 11.8 Å². The van der Waals surface area contributed by atoms with Crippen molar-refractivity contribution in [2.24, 2.45) is 0 Å². The van der Waals surface area contributed by atoms with Crippen molar-refractivity contribution in [1.29, 1.82) is 0 Å². The number of sulfonamides is 1. The molecule has 0 amide bonds. The second-order valence-electron chi connectivity index (χ2n) is 5.28. The molecule has 116 valence electrons. The third-order valence-corrected chi connectivity index (χ3v) is 5.44. The van der Waals surface area contributed by atoms with Gasteiger partial charge in [-0.2, -0.15) is 4.31 Å². The second kappa shape index (κ2) is 6.41. The minimum atomic E-state index is -3.19. The SMILES string of the molecule is O=S(=O)(CCc1ccccc1)N1CC(Nc2ncccn2)C1. The van der Waals surface area contributed by atoms with E-state index in [4.69, 9.17) is 0 Å². The maximum atomic E-state index is 12.3. The molecule has 6 nitrogen and oxygen atoms in total. The molecule has 0 aliphatic carbocycles. The van der Waals surface area contributed by atoms with Crippen LogP contribution in [0.3, 0.4) is 0 Å². The molecule has 0 spiro atoms. The summed E-state index contributed by atoms with van der Waals surface area (Å²) in [5, 5.41) is 3.13. The van der Waals surface area contributed by atoms with Crippen molar-refractivity contribution in [2.75, 3.05) is 24.2 Å². The quantitative estimate of drug-likeness (QED) is 0.864. The van der Waals surface area contributed by atoms with Gasteiger partial charge in [0.2, 0.25) is 16.0 Å². The molecule has 1 aromatic heterocycles. The number of hydrogen-bond acceptors (Lipinski definition) is 5. The predicted molar refractivity (Wildman–Crippen MR) is 84.9 cm³/mol. The lowest BCUT2D eigenvalue weighted by Gasteiger charge is -2.38. The number of anilines is 1. The third-order valence-electron chi connectivity index (χ3n) is 3.63. The molecule has 3 rings (SSSR count). The smallest absolute Gasteiger partial charge is 0.222 e. The van der Waals surface area contributed by atoms with Crippen LogP contribution in [0.25, 0.3) is 0 Å². The van der Waals surface area contributed by atoms with Gasteiger partial charge in [-0.05, 0) is 18.1 Å². The van der Waals surface area contributed by atoms with E-state index in [0.29, 0.717) is 25.5 Å². The summed E-state index contributed by atoms with van der Waals surface area (Å²) in [6, 6.07) is 11.5. The normalized spacial score (nSPS) is 16.2. The fourth-order valence-electron chi connectivity index (χ4n) is 2.33. The third kappa shape index (κ3) is 3.61. The van der Waals surface area contributed by atoms with Crippen molar-refractivity contribution in [3.8, 4) is 0 Å². The minimum Gasteiger partial charge on any atom is -0.349 e. The monoisotopic (exact) mass is 318 g/mol. The van der Waals surface area contributed by atoms with Gasteiger partial charge in [0.05, 0.1) is 11.8 Å². The number of nitrogens with zero attached hydrogens (tertiary/aromatic N) is 3. The maximum absolute atomic E-state index is 12.3. The standard InChI is InChI=1S/C15H18N4O2S/c20-22(21,10-7-13-5-2-1-3-6-13)19-11-14(12-19)18-15-16-8-4-9-17-15/h1-6,8-9,14H,7,10-12H2,(H,16,17,18). The highest BCUT2D eigenvalue weighted by molar-refractivity contribution is 7.89. The Morgan fingerprint density at radius 2 is 1.77 bits per heavy atom. The van der Waals surface area contributed by atoms with Crippen LogP contribution < -0.4 is 5.32 Å². The lowest BCUT2D eigenvalue weighted by Crippen LogP contribution is -2.57. The molecular weight excluding hydrogens is 300 g/mol. The summed E-state index contributed by atoms with van der Waals surface area (Å²) >= 11 is 0. The number of nitrogens with one attached hydrogen (secondary N) is 1. The summed E-state index contributed by atoms with van der Waals surface area (Å²) in [6.07, 6.45) is 3.85. The van der Waals surface area contributed by atoms with E-state index in [2.05, 4.69) is 15.3 Å². The zero-order chi connectivity index (χ0) is 15.4. The molecule has 2 aromatic rings. The van der Waals surface area contributed by atoms with Crippen molar-refractivity contribution in [2.45, 2.75) is 12.5 Å². The molecule has 0 bridgehead atoms. The molecule has 1 aliphatic heterocycles. The Kier molecular flexibility index (Phi) is 4.35. The lowest BCUT2D eigenvalue weighted by atomic mass is 10.2. The van der Waals surface area contributed by atoms with E-state index in [1.807, 2.05) is 30.3 Å². The van der Waals surface area contributed by atoms with Crippen molar-refractivity contribution >= 4 is 16.0 Å². The fraction of sp³-hybridized carbons (Fsp3) is 0.333. The zero-order valence-electron chi connectivity index (χ0n) is 12.1. The predicted octanol–water partition coefficient (Wildman–Crippen LogP) is 1.15. The van der Waals surface area contributed by atoms with Gasteiger partial charge in [0, 0.05) is 25.5 Å². The van der Waals surface area contributed by atoms with Gasteiger partial charge in [0.1, 0.15) is 0 Å². The largest absolute Gasteiger partial charge is 0.349 e. The molecule has 0 unspecified atom stereocenters. The molecule has 1 N–H and O–H groups in total. The van der Waals surface area contributed by atoms with Crippen LogP contribution in [0.1, 0.15) is 5.56 Å². The molecule has 1 fully saturated rings. The van der Waals surface area contributed by atoms with E-state index in [1.165, 1.54) is 4.31 Å². The van der Waals surface area contributed by atoms with Crippen LogP contribution >= 0.6 is 0 Å². The van der Waals surface area contributed by atoms with Gasteiger partial charge >= 0.3 is 0 Å². The summed E-state index contributed by atoms with van der Waals surface area (Å²) in [7, 11) is -3.19. The Hall–Kier alpha value is -1.99. The Balaban J connectivity index is 1.49. The number of rotatable bonds is 6. The van der Waals surface area contributed by atoms with E-state index in [0.717, 1.165) is 5.56 Å². The first-order chi connectivity index (χ1) is 10.6. The molecule has 1 aromatic carbocycles. The molecular formula is C15H18N4O2S. The van der Waals surface area contributed by atoms with Gasteiger partial charge in [0.15, 0.2) is 0 Å². The van der Waals surface area contributed by atoms with Crippen LogP contribution in [0.15, 0.2) is 48.8 Å².